The molecule has 5 N–H and O–H groups in total. The molecule has 1 aliphatic heterocycles. The summed E-state index contributed by atoms with van der Waals surface area (Å²) >= 11 is 0. The molecule has 9 heteroatoms. The van der Waals surface area contributed by atoms with E-state index < -0.39 is 43.3 Å². The molecule has 1 aromatic carbocycles. The van der Waals surface area contributed by atoms with E-state index in [0.29, 0.717) is 5.56 Å². The highest BCUT2D eigenvalue weighted by molar-refractivity contribution is 5.91. The first kappa shape index (κ1) is 19.2. The highest BCUT2D eigenvalue weighted by Gasteiger charge is 2.45. The summed E-state index contributed by atoms with van der Waals surface area (Å²) < 4.78 is 15.1. The lowest BCUT2D eigenvalue weighted by Crippen LogP contribution is -2.59. The molecular formula is C16H20O9. The predicted octanol–water partition coefficient (Wildman–Crippen LogP) is -1.28. The number of aromatic hydroxyl groups is 1. The first-order valence-corrected chi connectivity index (χ1v) is 7.43. The molecular weight excluding hydrogens is 336 g/mol. The zero-order chi connectivity index (χ0) is 18.6. The van der Waals surface area contributed by atoms with Crippen LogP contribution in [0, 0.1) is 0 Å². The molecule has 25 heavy (non-hydrogen) atoms. The van der Waals surface area contributed by atoms with Gasteiger partial charge in [0.1, 0.15) is 30.2 Å². The van der Waals surface area contributed by atoms with E-state index in [1.165, 1.54) is 30.3 Å². The molecule has 0 bridgehead atoms. The van der Waals surface area contributed by atoms with Crippen LogP contribution in [0.2, 0.25) is 0 Å². The van der Waals surface area contributed by atoms with E-state index in [0.717, 1.165) is 7.11 Å². The first-order chi connectivity index (χ1) is 11.9. The van der Waals surface area contributed by atoms with Crippen molar-refractivity contribution in [2.24, 2.45) is 0 Å². The summed E-state index contributed by atoms with van der Waals surface area (Å²) in [5.74, 6) is -1.17. The Hall–Kier alpha value is -2.17. The topological polar surface area (TPSA) is 146 Å². The Morgan fingerprint density at radius 2 is 1.80 bits per heavy atom. The zero-order valence-corrected chi connectivity index (χ0v) is 13.3. The van der Waals surface area contributed by atoms with Crippen LogP contribution in [0.5, 0.6) is 5.75 Å². The minimum atomic E-state index is -1.66. The fourth-order valence-electron chi connectivity index (χ4n) is 2.25. The quantitative estimate of drug-likeness (QED) is 0.247. The highest BCUT2D eigenvalue weighted by Crippen LogP contribution is 2.25. The SMILES string of the molecule is COC(=O)C(=Cc1ccc(O)cc1)O[C@@H]1O[C@H](CO)[C@@H](O)[C@H](O)[C@H]1O. The number of phenolic OH excluding ortho intramolecular Hbond substituents is 1. The van der Waals surface area contributed by atoms with Crippen LogP contribution in [-0.4, -0.2) is 75.9 Å². The van der Waals surface area contributed by atoms with Gasteiger partial charge in [0.05, 0.1) is 13.7 Å². The Kier molecular flexibility index (Phi) is 6.34. The van der Waals surface area contributed by atoms with E-state index in [1.807, 2.05) is 0 Å². The molecule has 1 aliphatic rings. The Bertz CT molecular complexity index is 611. The fraction of sp³-hybridized carbons (Fsp3) is 0.438. The smallest absolute Gasteiger partial charge is 0.373 e. The number of aliphatic hydroxyl groups excluding tert-OH is 4. The molecule has 1 aromatic rings. The number of aliphatic hydroxyl groups is 4. The van der Waals surface area contributed by atoms with E-state index >= 15 is 0 Å². The summed E-state index contributed by atoms with van der Waals surface area (Å²) in [5.41, 5.74) is 0.489. The van der Waals surface area contributed by atoms with Crippen LogP contribution in [0.25, 0.3) is 6.08 Å². The summed E-state index contributed by atoms with van der Waals surface area (Å²) in [6.07, 6.45) is -6.24. The van der Waals surface area contributed by atoms with Gasteiger partial charge in [-0.1, -0.05) is 12.1 Å². The van der Waals surface area contributed by atoms with Crippen molar-refractivity contribution in [2.75, 3.05) is 13.7 Å². The molecule has 0 saturated carbocycles. The van der Waals surface area contributed by atoms with Crippen molar-refractivity contribution in [3.05, 3.63) is 35.6 Å². The molecule has 1 fully saturated rings. The molecule has 0 aliphatic carbocycles. The number of hydrogen-bond donors (Lipinski definition) is 5. The Morgan fingerprint density at radius 3 is 2.36 bits per heavy atom. The van der Waals surface area contributed by atoms with Gasteiger partial charge in [-0.3, -0.25) is 0 Å². The molecule has 1 saturated heterocycles. The molecule has 2 rings (SSSR count). The molecule has 0 spiro atoms. The van der Waals surface area contributed by atoms with Crippen LogP contribution in [0.15, 0.2) is 30.0 Å². The average molecular weight is 356 g/mol. The predicted molar refractivity (Wildman–Crippen MR) is 83.0 cm³/mol. The van der Waals surface area contributed by atoms with Crippen molar-refractivity contribution < 1.29 is 44.5 Å². The van der Waals surface area contributed by atoms with Gasteiger partial charge >= 0.3 is 5.97 Å². The van der Waals surface area contributed by atoms with Crippen molar-refractivity contribution in [1.29, 1.82) is 0 Å². The molecule has 0 aromatic heterocycles. The zero-order valence-electron chi connectivity index (χ0n) is 13.3. The van der Waals surface area contributed by atoms with Crippen LogP contribution in [-0.2, 0) is 19.0 Å². The third-order valence-corrected chi connectivity index (χ3v) is 3.67. The lowest BCUT2D eigenvalue weighted by Gasteiger charge is -2.39. The molecule has 1 heterocycles. The fourth-order valence-corrected chi connectivity index (χ4v) is 2.25. The molecule has 0 amide bonds. The molecule has 0 radical (unpaired) electrons. The standard InChI is InChI=1S/C16H20O9/c1-23-15(22)10(6-8-2-4-9(18)5-3-8)24-16-14(21)13(20)12(19)11(7-17)25-16/h2-6,11-14,16-21H,7H2,1H3/t11-,12-,13+,14-,16-/m1/s1. The van der Waals surface area contributed by atoms with Crippen molar-refractivity contribution in [1.82, 2.24) is 0 Å². The van der Waals surface area contributed by atoms with E-state index in [2.05, 4.69) is 4.74 Å². The van der Waals surface area contributed by atoms with Gasteiger partial charge in [0.2, 0.25) is 12.0 Å². The third-order valence-electron chi connectivity index (χ3n) is 3.67. The number of carbonyl (C=O) groups excluding carboxylic acids is 1. The van der Waals surface area contributed by atoms with Gasteiger partial charge < -0.3 is 39.7 Å². The number of hydrogen-bond acceptors (Lipinski definition) is 9. The van der Waals surface area contributed by atoms with Crippen LogP contribution < -0.4 is 0 Å². The Balaban J connectivity index is 2.24. The van der Waals surface area contributed by atoms with Crippen LogP contribution in [0.3, 0.4) is 0 Å². The molecule has 5 atom stereocenters. The summed E-state index contributed by atoms with van der Waals surface area (Å²) in [7, 11) is 1.13. The van der Waals surface area contributed by atoms with Crippen LogP contribution >= 0.6 is 0 Å². The normalized spacial score (nSPS) is 30.0. The lowest BCUT2D eigenvalue weighted by atomic mass is 9.99. The van der Waals surface area contributed by atoms with Gasteiger partial charge in [0, 0.05) is 0 Å². The molecule has 0 unspecified atom stereocenters. The third kappa shape index (κ3) is 4.47. The van der Waals surface area contributed by atoms with Crippen molar-refractivity contribution in [2.45, 2.75) is 30.7 Å². The minimum absolute atomic E-state index is 0.0339. The van der Waals surface area contributed by atoms with Crippen molar-refractivity contribution in [3.63, 3.8) is 0 Å². The largest absolute Gasteiger partial charge is 0.508 e. The van der Waals surface area contributed by atoms with Gasteiger partial charge in [-0.15, -0.1) is 0 Å². The maximum absolute atomic E-state index is 11.9. The van der Waals surface area contributed by atoms with E-state index in [-0.39, 0.29) is 11.5 Å². The monoisotopic (exact) mass is 356 g/mol. The first-order valence-electron chi connectivity index (χ1n) is 7.43. The second-order valence-corrected chi connectivity index (χ2v) is 5.41. The van der Waals surface area contributed by atoms with Gasteiger partial charge in [-0.25, -0.2) is 4.79 Å². The maximum atomic E-state index is 11.9. The summed E-state index contributed by atoms with van der Waals surface area (Å²) in [6, 6.07) is 5.81. The number of methoxy groups -OCH3 is 1. The van der Waals surface area contributed by atoms with E-state index in [4.69, 9.17) is 9.47 Å². The lowest BCUT2D eigenvalue weighted by molar-refractivity contribution is -0.291. The number of phenols is 1. The Morgan fingerprint density at radius 1 is 1.16 bits per heavy atom. The van der Waals surface area contributed by atoms with Gasteiger partial charge in [0.15, 0.2) is 0 Å². The number of esters is 1. The van der Waals surface area contributed by atoms with Crippen molar-refractivity contribution in [3.8, 4) is 5.75 Å². The highest BCUT2D eigenvalue weighted by atomic mass is 16.7. The maximum Gasteiger partial charge on any atom is 0.373 e. The minimum Gasteiger partial charge on any atom is -0.508 e. The second-order valence-electron chi connectivity index (χ2n) is 5.41. The van der Waals surface area contributed by atoms with Gasteiger partial charge in [0.25, 0.3) is 0 Å². The second kappa shape index (κ2) is 8.28. The van der Waals surface area contributed by atoms with Crippen molar-refractivity contribution >= 4 is 12.0 Å². The van der Waals surface area contributed by atoms with E-state index in [1.54, 1.807) is 0 Å². The van der Waals surface area contributed by atoms with Gasteiger partial charge in [-0.2, -0.15) is 0 Å². The number of carbonyl (C=O) groups is 1. The summed E-state index contributed by atoms with van der Waals surface area (Å²) in [6.45, 7) is -0.625. The Labute approximate surface area is 143 Å². The number of benzene rings is 1. The summed E-state index contributed by atoms with van der Waals surface area (Å²) in [4.78, 5) is 11.9. The van der Waals surface area contributed by atoms with E-state index in [9.17, 15) is 30.3 Å². The number of ether oxygens (including phenoxy) is 3. The number of rotatable bonds is 5. The molecule has 138 valence electrons. The molecule has 9 nitrogen and oxygen atoms in total. The van der Waals surface area contributed by atoms with Gasteiger partial charge in [-0.05, 0) is 23.8 Å². The van der Waals surface area contributed by atoms with Crippen LogP contribution in [0.4, 0.5) is 0 Å². The summed E-state index contributed by atoms with van der Waals surface area (Å²) in [5, 5.41) is 47.9. The average Bonchev–Trinajstić information content (AvgIpc) is 2.62. The van der Waals surface area contributed by atoms with Crippen LogP contribution in [0.1, 0.15) is 5.56 Å².